The smallest absolute Gasteiger partial charge is 0.237 e. The summed E-state index contributed by atoms with van der Waals surface area (Å²) in [4.78, 5) is 3.38. The minimum Gasteiger partial charge on any atom is -0.295 e. The molecule has 0 amide bonds. The Bertz CT molecular complexity index is 416. The number of halogens is 1. The van der Waals surface area contributed by atoms with Crippen LogP contribution in [0, 0.1) is 10.7 Å². The van der Waals surface area contributed by atoms with Gasteiger partial charge in [0.05, 0.1) is 5.25 Å². The van der Waals surface area contributed by atoms with Crippen molar-refractivity contribution in [3.05, 3.63) is 24.3 Å². The van der Waals surface area contributed by atoms with Gasteiger partial charge in [-0.3, -0.25) is 4.72 Å². The van der Waals surface area contributed by atoms with Crippen molar-refractivity contribution in [1.82, 2.24) is 4.98 Å². The minimum absolute atomic E-state index is 0.00111. The summed E-state index contributed by atoms with van der Waals surface area (Å²) in [6.07, 6.45) is 1.29. The first-order chi connectivity index (χ1) is 6.43. The maximum Gasteiger partial charge on any atom is 0.237 e. The third kappa shape index (κ3) is 2.41. The van der Waals surface area contributed by atoms with Crippen LogP contribution in [0.4, 0.5) is 10.1 Å². The van der Waals surface area contributed by atoms with Gasteiger partial charge in [0, 0.05) is 6.20 Å². The third-order valence-electron chi connectivity index (χ3n) is 1.68. The van der Waals surface area contributed by atoms with Gasteiger partial charge in [0.15, 0.2) is 0 Å². The number of nitrogens with zero attached hydrogens (tertiary/aromatic N) is 1. The minimum atomic E-state index is -3.00. The number of rotatable bonds is 3. The highest BCUT2D eigenvalue weighted by atomic mass is 32.2. The van der Waals surface area contributed by atoms with Crippen molar-refractivity contribution in [1.29, 1.82) is 4.78 Å². The van der Waals surface area contributed by atoms with E-state index in [4.69, 9.17) is 4.78 Å². The summed E-state index contributed by atoms with van der Waals surface area (Å²) in [7, 11) is -3.00. The van der Waals surface area contributed by atoms with Crippen molar-refractivity contribution >= 4 is 15.6 Å². The Labute approximate surface area is 82.7 Å². The van der Waals surface area contributed by atoms with Crippen molar-refractivity contribution in [2.24, 2.45) is 0 Å². The van der Waals surface area contributed by atoms with Crippen LogP contribution < -0.4 is 4.72 Å². The summed E-state index contributed by atoms with van der Waals surface area (Å²) >= 11 is 0. The van der Waals surface area contributed by atoms with E-state index in [1.807, 2.05) is 0 Å². The van der Waals surface area contributed by atoms with Crippen molar-refractivity contribution in [3.63, 3.8) is 0 Å². The Balaban J connectivity index is 2.96. The first-order valence-corrected chi connectivity index (χ1v) is 5.71. The van der Waals surface area contributed by atoms with E-state index in [-0.39, 0.29) is 10.9 Å². The summed E-state index contributed by atoms with van der Waals surface area (Å²) in [6, 6.07) is 2.92. The zero-order chi connectivity index (χ0) is 10.8. The van der Waals surface area contributed by atoms with Gasteiger partial charge in [-0.2, -0.15) is 4.39 Å². The van der Waals surface area contributed by atoms with E-state index in [9.17, 15) is 8.60 Å². The number of pyridine rings is 1. The molecule has 0 aliphatic carbocycles. The number of hydrogen-bond acceptors (Lipinski definition) is 3. The molecule has 0 saturated carbocycles. The normalized spacial score (nSPS) is 15.1. The Morgan fingerprint density at radius 1 is 1.64 bits per heavy atom. The lowest BCUT2D eigenvalue weighted by atomic mass is 10.4. The van der Waals surface area contributed by atoms with Gasteiger partial charge in [0.25, 0.3) is 0 Å². The fourth-order valence-corrected chi connectivity index (χ4v) is 1.46. The van der Waals surface area contributed by atoms with Gasteiger partial charge in [-0.25, -0.2) is 14.0 Å². The maximum absolute atomic E-state index is 13.0. The summed E-state index contributed by atoms with van der Waals surface area (Å²) in [5.41, 5.74) is 0.00111. The van der Waals surface area contributed by atoms with Gasteiger partial charge in [-0.1, -0.05) is 0 Å². The molecular weight excluding hydrogens is 205 g/mol. The van der Waals surface area contributed by atoms with Crippen molar-refractivity contribution < 1.29 is 8.60 Å². The van der Waals surface area contributed by atoms with Gasteiger partial charge < -0.3 is 0 Å². The Morgan fingerprint density at radius 3 is 2.79 bits per heavy atom. The van der Waals surface area contributed by atoms with Gasteiger partial charge in [0.1, 0.15) is 15.6 Å². The molecule has 0 radical (unpaired) electrons. The van der Waals surface area contributed by atoms with E-state index in [1.165, 1.54) is 18.3 Å². The van der Waals surface area contributed by atoms with Gasteiger partial charge in [0.2, 0.25) is 5.95 Å². The molecule has 14 heavy (non-hydrogen) atoms. The SMILES string of the molecule is CC(C)S(=N)(=O)Nc1cccnc1F. The van der Waals surface area contributed by atoms with Gasteiger partial charge >= 0.3 is 0 Å². The molecule has 0 aliphatic heterocycles. The van der Waals surface area contributed by atoms with E-state index in [2.05, 4.69) is 9.71 Å². The van der Waals surface area contributed by atoms with Gasteiger partial charge in [-0.15, -0.1) is 0 Å². The number of hydrogen-bond donors (Lipinski definition) is 2. The van der Waals surface area contributed by atoms with E-state index in [1.54, 1.807) is 13.8 Å². The molecule has 0 bridgehead atoms. The molecule has 1 rings (SSSR count). The second-order valence-corrected chi connectivity index (χ2v) is 5.44. The third-order valence-corrected chi connectivity index (χ3v) is 3.54. The molecule has 0 aromatic carbocycles. The molecule has 0 saturated heterocycles. The Morgan fingerprint density at radius 2 is 2.29 bits per heavy atom. The molecule has 78 valence electrons. The second kappa shape index (κ2) is 3.91. The highest BCUT2D eigenvalue weighted by Gasteiger charge is 2.13. The first kappa shape index (κ1) is 10.9. The maximum atomic E-state index is 13.0. The fraction of sp³-hybridized carbons (Fsp3) is 0.375. The summed E-state index contributed by atoms with van der Waals surface area (Å²) < 4.78 is 34.3. The molecule has 1 unspecified atom stereocenters. The van der Waals surface area contributed by atoms with E-state index in [0.29, 0.717) is 0 Å². The van der Waals surface area contributed by atoms with E-state index < -0.39 is 15.9 Å². The monoisotopic (exact) mass is 217 g/mol. The lowest BCUT2D eigenvalue weighted by Gasteiger charge is -2.13. The molecule has 1 aromatic heterocycles. The zero-order valence-corrected chi connectivity index (χ0v) is 8.77. The summed E-state index contributed by atoms with van der Waals surface area (Å²) in [6.45, 7) is 3.27. The van der Waals surface area contributed by atoms with E-state index >= 15 is 0 Å². The molecule has 0 aliphatic rings. The lowest BCUT2D eigenvalue weighted by molar-refractivity contribution is 0.588. The van der Waals surface area contributed by atoms with Crippen molar-refractivity contribution in [2.45, 2.75) is 19.1 Å². The molecule has 1 atom stereocenters. The van der Waals surface area contributed by atoms with Crippen LogP contribution >= 0.6 is 0 Å². The fourth-order valence-electron chi connectivity index (χ4n) is 0.743. The molecular formula is C8H12FN3OS. The Hall–Kier alpha value is -1.17. The van der Waals surface area contributed by atoms with Gasteiger partial charge in [-0.05, 0) is 26.0 Å². The molecule has 1 heterocycles. The number of aromatic nitrogens is 1. The number of anilines is 1. The molecule has 0 fully saturated rings. The Kier molecular flexibility index (Phi) is 3.05. The predicted molar refractivity (Wildman–Crippen MR) is 53.8 cm³/mol. The average molecular weight is 217 g/mol. The van der Waals surface area contributed by atoms with E-state index in [0.717, 1.165) is 0 Å². The quantitative estimate of drug-likeness (QED) is 0.760. The van der Waals surface area contributed by atoms with Crippen molar-refractivity contribution in [3.8, 4) is 0 Å². The topological polar surface area (TPSA) is 65.8 Å². The number of nitrogens with one attached hydrogen (secondary N) is 2. The van der Waals surface area contributed by atoms with Crippen LogP contribution in [0.2, 0.25) is 0 Å². The zero-order valence-electron chi connectivity index (χ0n) is 7.95. The van der Waals surface area contributed by atoms with Crippen LogP contribution in [0.15, 0.2) is 18.3 Å². The highest BCUT2D eigenvalue weighted by molar-refractivity contribution is 7.94. The first-order valence-electron chi connectivity index (χ1n) is 4.09. The van der Waals surface area contributed by atoms with Crippen LogP contribution in [0.1, 0.15) is 13.8 Å². The summed E-state index contributed by atoms with van der Waals surface area (Å²) in [5, 5.41) is -0.387. The molecule has 1 aromatic rings. The highest BCUT2D eigenvalue weighted by Crippen LogP contribution is 2.14. The van der Waals surface area contributed by atoms with Crippen LogP contribution in [0.25, 0.3) is 0 Å². The van der Waals surface area contributed by atoms with Crippen LogP contribution in [-0.4, -0.2) is 14.4 Å². The standard InChI is InChI=1S/C8H12FN3OS/c1-6(2)14(10,13)12-7-4-3-5-11-8(7)9/h3-6H,1-2H3,(H2,10,12,13). The van der Waals surface area contributed by atoms with Crippen LogP contribution in [0.5, 0.6) is 0 Å². The van der Waals surface area contributed by atoms with Crippen LogP contribution in [0.3, 0.4) is 0 Å². The summed E-state index contributed by atoms with van der Waals surface area (Å²) in [5.74, 6) is -0.742. The largest absolute Gasteiger partial charge is 0.295 e. The molecule has 2 N–H and O–H groups in total. The predicted octanol–water partition coefficient (Wildman–Crippen LogP) is 2.00. The molecule has 6 heteroatoms. The van der Waals surface area contributed by atoms with Crippen LogP contribution in [-0.2, 0) is 9.92 Å². The second-order valence-electron chi connectivity index (χ2n) is 3.09. The molecule has 0 spiro atoms. The average Bonchev–Trinajstić information content (AvgIpc) is 2.08. The lowest BCUT2D eigenvalue weighted by Crippen LogP contribution is -2.21. The van der Waals surface area contributed by atoms with Crippen molar-refractivity contribution in [2.75, 3.05) is 4.72 Å². The molecule has 4 nitrogen and oxygen atoms in total.